The Bertz CT molecular complexity index is 862. The highest BCUT2D eigenvalue weighted by Gasteiger charge is 2.27. The molecule has 0 bridgehead atoms. The minimum Gasteiger partial charge on any atom is -0.340 e. The molecular formula is C18H20N4O3S. The van der Waals surface area contributed by atoms with Crippen LogP contribution in [0.1, 0.15) is 40.7 Å². The summed E-state index contributed by atoms with van der Waals surface area (Å²) in [5.41, 5.74) is 1.86. The standard InChI is InChI=1S/C18H20N4O3S/c1-3-12-10(2)26-18(21-12)22-15(23)9-8-14-17(25)19-13-7-5-4-6-11(13)16(24)20-14/h4-7,14H,3,8-9H2,1-2H3,(H,19,25)(H,20,24)(H,21,22,23)/t14-/m0/s1. The van der Waals surface area contributed by atoms with Gasteiger partial charge in [0.15, 0.2) is 5.13 Å². The van der Waals surface area contributed by atoms with Crippen molar-refractivity contribution in [3.05, 3.63) is 40.4 Å². The van der Waals surface area contributed by atoms with E-state index in [0.717, 1.165) is 17.0 Å². The third kappa shape index (κ3) is 3.91. The molecular weight excluding hydrogens is 352 g/mol. The molecule has 26 heavy (non-hydrogen) atoms. The summed E-state index contributed by atoms with van der Waals surface area (Å²) in [5.74, 6) is -0.882. The lowest BCUT2D eigenvalue weighted by Gasteiger charge is -2.13. The Balaban J connectivity index is 1.59. The Morgan fingerprint density at radius 3 is 2.81 bits per heavy atom. The van der Waals surface area contributed by atoms with E-state index in [2.05, 4.69) is 20.9 Å². The van der Waals surface area contributed by atoms with Crippen molar-refractivity contribution in [1.82, 2.24) is 10.3 Å². The number of amides is 3. The highest BCUT2D eigenvalue weighted by atomic mass is 32.1. The van der Waals surface area contributed by atoms with Crippen LogP contribution in [0.5, 0.6) is 0 Å². The van der Waals surface area contributed by atoms with Crippen molar-refractivity contribution < 1.29 is 14.4 Å². The molecule has 2 aromatic rings. The number of rotatable bonds is 5. The number of carbonyl (C=O) groups excluding carboxylic acids is 3. The van der Waals surface area contributed by atoms with Crippen molar-refractivity contribution in [1.29, 1.82) is 0 Å². The van der Waals surface area contributed by atoms with Gasteiger partial charge in [0.25, 0.3) is 5.91 Å². The molecule has 3 N–H and O–H groups in total. The van der Waals surface area contributed by atoms with Gasteiger partial charge in [-0.05, 0) is 31.9 Å². The van der Waals surface area contributed by atoms with E-state index >= 15 is 0 Å². The van der Waals surface area contributed by atoms with E-state index < -0.39 is 6.04 Å². The van der Waals surface area contributed by atoms with Crippen molar-refractivity contribution >= 4 is 39.9 Å². The van der Waals surface area contributed by atoms with Crippen LogP contribution in [-0.2, 0) is 16.0 Å². The predicted molar refractivity (Wildman–Crippen MR) is 100 cm³/mol. The summed E-state index contributed by atoms with van der Waals surface area (Å²) in [7, 11) is 0. The summed E-state index contributed by atoms with van der Waals surface area (Å²) >= 11 is 1.43. The van der Waals surface area contributed by atoms with Gasteiger partial charge in [-0.2, -0.15) is 0 Å². The van der Waals surface area contributed by atoms with Crippen LogP contribution in [0.25, 0.3) is 0 Å². The van der Waals surface area contributed by atoms with Gasteiger partial charge < -0.3 is 16.0 Å². The SMILES string of the molecule is CCc1nc(NC(=O)CC[C@@H]2NC(=O)c3ccccc3NC2=O)sc1C. The van der Waals surface area contributed by atoms with Crippen LogP contribution in [0.4, 0.5) is 10.8 Å². The predicted octanol–water partition coefficient (Wildman–Crippen LogP) is 2.48. The molecule has 1 aromatic heterocycles. The van der Waals surface area contributed by atoms with Crippen LogP contribution in [0.15, 0.2) is 24.3 Å². The lowest BCUT2D eigenvalue weighted by molar-refractivity contribution is -0.118. The summed E-state index contributed by atoms with van der Waals surface area (Å²) in [4.78, 5) is 42.2. The molecule has 1 aromatic carbocycles. The van der Waals surface area contributed by atoms with E-state index in [4.69, 9.17) is 0 Å². The molecule has 136 valence electrons. The largest absolute Gasteiger partial charge is 0.340 e. The topological polar surface area (TPSA) is 100 Å². The fourth-order valence-corrected chi connectivity index (χ4v) is 3.70. The third-order valence-electron chi connectivity index (χ3n) is 4.19. The summed E-state index contributed by atoms with van der Waals surface area (Å²) in [6, 6.07) is 6.05. The molecule has 1 aliphatic rings. The molecule has 2 heterocycles. The number of anilines is 2. The summed E-state index contributed by atoms with van der Waals surface area (Å²) in [6.45, 7) is 3.98. The number of hydrogen-bond acceptors (Lipinski definition) is 5. The van der Waals surface area contributed by atoms with E-state index in [-0.39, 0.29) is 30.6 Å². The van der Waals surface area contributed by atoms with Gasteiger partial charge in [0.05, 0.1) is 16.9 Å². The molecule has 1 aliphatic heterocycles. The van der Waals surface area contributed by atoms with Crippen LogP contribution in [-0.4, -0.2) is 28.7 Å². The third-order valence-corrected chi connectivity index (χ3v) is 5.11. The maximum absolute atomic E-state index is 12.3. The summed E-state index contributed by atoms with van der Waals surface area (Å²) < 4.78 is 0. The first-order valence-electron chi connectivity index (χ1n) is 8.44. The second-order valence-corrected chi connectivity index (χ2v) is 7.23. The lowest BCUT2D eigenvalue weighted by atomic mass is 10.1. The van der Waals surface area contributed by atoms with Crippen molar-refractivity contribution in [2.24, 2.45) is 0 Å². The highest BCUT2D eigenvalue weighted by molar-refractivity contribution is 7.15. The monoisotopic (exact) mass is 372 g/mol. The Labute approximate surface area is 155 Å². The average molecular weight is 372 g/mol. The van der Waals surface area contributed by atoms with Gasteiger partial charge in [-0.15, -0.1) is 11.3 Å². The number of fused-ring (bicyclic) bond motifs is 1. The smallest absolute Gasteiger partial charge is 0.254 e. The van der Waals surface area contributed by atoms with E-state index in [9.17, 15) is 14.4 Å². The minimum atomic E-state index is -0.759. The van der Waals surface area contributed by atoms with Gasteiger partial charge in [0, 0.05) is 11.3 Å². The van der Waals surface area contributed by atoms with Crippen molar-refractivity contribution in [3.8, 4) is 0 Å². The van der Waals surface area contributed by atoms with E-state index in [1.807, 2.05) is 13.8 Å². The molecule has 7 nitrogen and oxygen atoms in total. The molecule has 0 saturated heterocycles. The molecule has 0 aliphatic carbocycles. The highest BCUT2D eigenvalue weighted by Crippen LogP contribution is 2.23. The number of aryl methyl sites for hydroxylation is 2. The first-order chi connectivity index (χ1) is 12.5. The number of aromatic nitrogens is 1. The van der Waals surface area contributed by atoms with Crippen LogP contribution >= 0.6 is 11.3 Å². The molecule has 0 spiro atoms. The Morgan fingerprint density at radius 1 is 1.31 bits per heavy atom. The number of para-hydroxylation sites is 1. The van der Waals surface area contributed by atoms with E-state index in [0.29, 0.717) is 16.4 Å². The average Bonchev–Trinajstić information content (AvgIpc) is 2.91. The lowest BCUT2D eigenvalue weighted by Crippen LogP contribution is -2.41. The molecule has 3 amide bonds. The van der Waals surface area contributed by atoms with Crippen molar-refractivity contribution in [2.75, 3.05) is 10.6 Å². The number of hydrogen-bond donors (Lipinski definition) is 3. The quantitative estimate of drug-likeness (QED) is 0.751. The van der Waals surface area contributed by atoms with Gasteiger partial charge in [0.2, 0.25) is 11.8 Å². The van der Waals surface area contributed by atoms with Crippen molar-refractivity contribution in [3.63, 3.8) is 0 Å². The molecule has 0 unspecified atom stereocenters. The molecule has 0 saturated carbocycles. The molecule has 1 atom stereocenters. The summed E-state index contributed by atoms with van der Waals surface area (Å²) in [6.07, 6.45) is 1.13. The van der Waals surface area contributed by atoms with Crippen LogP contribution in [0, 0.1) is 6.92 Å². The van der Waals surface area contributed by atoms with E-state index in [1.165, 1.54) is 11.3 Å². The van der Waals surface area contributed by atoms with Gasteiger partial charge in [-0.3, -0.25) is 14.4 Å². The van der Waals surface area contributed by atoms with Crippen LogP contribution in [0.3, 0.4) is 0 Å². The number of carbonyl (C=O) groups is 3. The zero-order chi connectivity index (χ0) is 18.7. The maximum atomic E-state index is 12.3. The Hall–Kier alpha value is -2.74. The zero-order valence-electron chi connectivity index (χ0n) is 14.6. The molecule has 8 heteroatoms. The summed E-state index contributed by atoms with van der Waals surface area (Å²) in [5, 5.41) is 8.73. The van der Waals surface area contributed by atoms with Crippen molar-refractivity contribution in [2.45, 2.75) is 39.2 Å². The normalized spacial score (nSPS) is 16.3. The molecule has 0 fully saturated rings. The fraction of sp³-hybridized carbons (Fsp3) is 0.333. The first kappa shape index (κ1) is 18.1. The fourth-order valence-electron chi connectivity index (χ4n) is 2.78. The number of thiazole rings is 1. The number of nitrogens with one attached hydrogen (secondary N) is 3. The minimum absolute atomic E-state index is 0.106. The second kappa shape index (κ2) is 7.65. The second-order valence-electron chi connectivity index (χ2n) is 6.02. The Kier molecular flexibility index (Phi) is 5.32. The molecule has 0 radical (unpaired) electrons. The number of benzene rings is 1. The molecule has 3 rings (SSSR count). The van der Waals surface area contributed by atoms with Gasteiger partial charge >= 0.3 is 0 Å². The van der Waals surface area contributed by atoms with E-state index in [1.54, 1.807) is 24.3 Å². The van der Waals surface area contributed by atoms with Gasteiger partial charge in [0.1, 0.15) is 6.04 Å². The number of nitrogens with zero attached hydrogens (tertiary/aromatic N) is 1. The first-order valence-corrected chi connectivity index (χ1v) is 9.26. The van der Waals surface area contributed by atoms with Crippen LogP contribution in [0.2, 0.25) is 0 Å². The van der Waals surface area contributed by atoms with Crippen LogP contribution < -0.4 is 16.0 Å². The zero-order valence-corrected chi connectivity index (χ0v) is 15.4. The maximum Gasteiger partial charge on any atom is 0.254 e. The van der Waals surface area contributed by atoms with Gasteiger partial charge in [-0.25, -0.2) is 4.98 Å². The van der Waals surface area contributed by atoms with Gasteiger partial charge in [-0.1, -0.05) is 19.1 Å². The Morgan fingerprint density at radius 2 is 2.08 bits per heavy atom.